The van der Waals surface area contributed by atoms with E-state index in [1.165, 1.54) is 0 Å². The number of ether oxygens (including phenoxy) is 2. The number of carbonyl (C=O) groups is 2. The highest BCUT2D eigenvalue weighted by Crippen LogP contribution is 2.30. The molecule has 2 amide bonds. The Balaban J connectivity index is 1.21. The highest BCUT2D eigenvalue weighted by molar-refractivity contribution is 6.35. The van der Waals surface area contributed by atoms with Crippen LogP contribution in [-0.2, 0) is 16.0 Å². The number of rotatable bonds is 5. The van der Waals surface area contributed by atoms with Crippen LogP contribution in [0.25, 0.3) is 10.9 Å². The Labute approximate surface area is 162 Å². The van der Waals surface area contributed by atoms with Crippen molar-refractivity contribution in [3.8, 4) is 11.5 Å². The Morgan fingerprint density at radius 1 is 1.00 bits per heavy atom. The van der Waals surface area contributed by atoms with Gasteiger partial charge >= 0.3 is 11.8 Å². The van der Waals surface area contributed by atoms with Gasteiger partial charge in [-0.15, -0.1) is 0 Å². The number of hydrogen-bond donors (Lipinski definition) is 3. The van der Waals surface area contributed by atoms with E-state index in [9.17, 15) is 9.59 Å². The first kappa shape index (κ1) is 17.9. The first-order valence-electron chi connectivity index (χ1n) is 9.20. The lowest BCUT2D eigenvalue weighted by molar-refractivity contribution is -0.139. The number of H-pyrrole nitrogens is 1. The Morgan fingerprint density at radius 3 is 2.64 bits per heavy atom. The molecule has 0 bridgehead atoms. The zero-order chi connectivity index (χ0) is 19.3. The van der Waals surface area contributed by atoms with Crippen molar-refractivity contribution in [1.29, 1.82) is 0 Å². The minimum absolute atomic E-state index is 0.197. The first-order chi connectivity index (χ1) is 13.7. The number of fused-ring (bicyclic) bond motifs is 2. The quantitative estimate of drug-likeness (QED) is 0.589. The van der Waals surface area contributed by atoms with E-state index in [2.05, 4.69) is 15.6 Å². The number of amides is 2. The second-order valence-corrected chi connectivity index (χ2v) is 6.57. The van der Waals surface area contributed by atoms with Gasteiger partial charge in [0.2, 0.25) is 0 Å². The van der Waals surface area contributed by atoms with Gasteiger partial charge in [-0.05, 0) is 30.2 Å². The molecule has 2 aromatic carbocycles. The molecule has 1 aliphatic rings. The van der Waals surface area contributed by atoms with E-state index < -0.39 is 11.8 Å². The van der Waals surface area contributed by atoms with Crippen molar-refractivity contribution in [3.05, 3.63) is 60.3 Å². The molecule has 2 heterocycles. The Morgan fingerprint density at radius 2 is 1.75 bits per heavy atom. The summed E-state index contributed by atoms with van der Waals surface area (Å²) in [6, 6.07) is 15.3. The van der Waals surface area contributed by atoms with Gasteiger partial charge in [0, 0.05) is 23.6 Å². The number of benzene rings is 2. The second-order valence-electron chi connectivity index (χ2n) is 6.57. The van der Waals surface area contributed by atoms with Crippen LogP contribution in [0.2, 0.25) is 0 Å². The van der Waals surface area contributed by atoms with Gasteiger partial charge in [0.05, 0.1) is 6.54 Å². The lowest BCUT2D eigenvalue weighted by Crippen LogP contribution is -2.46. The molecule has 0 spiro atoms. The lowest BCUT2D eigenvalue weighted by Gasteiger charge is -2.26. The lowest BCUT2D eigenvalue weighted by atomic mass is 10.1. The zero-order valence-electron chi connectivity index (χ0n) is 15.2. The van der Waals surface area contributed by atoms with Crippen molar-refractivity contribution in [3.63, 3.8) is 0 Å². The van der Waals surface area contributed by atoms with Crippen molar-refractivity contribution in [2.24, 2.45) is 0 Å². The SMILES string of the molecule is O=C(NCCc1c[nH]c2ccccc12)C(=O)NCC1COc2ccccc2O1. The van der Waals surface area contributed by atoms with Gasteiger partial charge in [0.25, 0.3) is 0 Å². The summed E-state index contributed by atoms with van der Waals surface area (Å²) in [5.41, 5.74) is 2.15. The molecule has 0 saturated heterocycles. The van der Waals surface area contributed by atoms with Crippen LogP contribution in [0.15, 0.2) is 54.7 Å². The molecule has 1 aliphatic heterocycles. The minimum atomic E-state index is -0.679. The third-order valence-electron chi connectivity index (χ3n) is 4.62. The summed E-state index contributed by atoms with van der Waals surface area (Å²) in [5.74, 6) is -0.0189. The Hall–Kier alpha value is -3.48. The van der Waals surface area contributed by atoms with Crippen LogP contribution >= 0.6 is 0 Å². The van der Waals surface area contributed by atoms with Gasteiger partial charge in [0.1, 0.15) is 12.7 Å². The average molecular weight is 379 g/mol. The standard InChI is InChI=1S/C21H21N3O4/c25-20(22-10-9-14-11-23-17-6-2-1-5-16(14)17)21(26)24-12-15-13-27-18-7-3-4-8-19(18)28-15/h1-8,11,15,23H,9-10,12-13H2,(H,22,25)(H,24,26). The molecule has 0 radical (unpaired) electrons. The molecule has 144 valence electrons. The molecule has 28 heavy (non-hydrogen) atoms. The predicted octanol–water partition coefficient (Wildman–Crippen LogP) is 1.78. The van der Waals surface area contributed by atoms with Gasteiger partial charge in [-0.1, -0.05) is 30.3 Å². The molecular formula is C21H21N3O4. The number of para-hydroxylation sites is 3. The molecule has 0 fully saturated rings. The third-order valence-corrected chi connectivity index (χ3v) is 4.62. The van der Waals surface area contributed by atoms with Crippen LogP contribution in [0.1, 0.15) is 5.56 Å². The number of nitrogens with one attached hydrogen (secondary N) is 3. The van der Waals surface area contributed by atoms with Gasteiger partial charge in [0.15, 0.2) is 11.5 Å². The Bertz CT molecular complexity index is 998. The van der Waals surface area contributed by atoms with Crippen LogP contribution in [0.3, 0.4) is 0 Å². The molecule has 0 saturated carbocycles. The highest BCUT2D eigenvalue weighted by atomic mass is 16.6. The molecule has 7 nitrogen and oxygen atoms in total. The summed E-state index contributed by atoms with van der Waals surface area (Å²) >= 11 is 0. The van der Waals surface area contributed by atoms with E-state index in [1.54, 1.807) is 6.07 Å². The van der Waals surface area contributed by atoms with E-state index in [0.29, 0.717) is 31.1 Å². The second kappa shape index (κ2) is 8.04. The summed E-state index contributed by atoms with van der Waals surface area (Å²) in [4.78, 5) is 27.2. The summed E-state index contributed by atoms with van der Waals surface area (Å²) in [6.45, 7) is 0.896. The van der Waals surface area contributed by atoms with Crippen molar-refractivity contribution in [2.45, 2.75) is 12.5 Å². The topological polar surface area (TPSA) is 92.5 Å². The van der Waals surface area contributed by atoms with E-state index >= 15 is 0 Å². The summed E-state index contributed by atoms with van der Waals surface area (Å²) < 4.78 is 11.3. The number of carbonyl (C=O) groups excluding carboxylic acids is 2. The zero-order valence-corrected chi connectivity index (χ0v) is 15.2. The molecule has 3 aromatic rings. The number of hydrogen-bond acceptors (Lipinski definition) is 4. The van der Waals surface area contributed by atoms with Gasteiger partial charge < -0.3 is 25.1 Å². The molecule has 1 atom stereocenters. The fourth-order valence-corrected chi connectivity index (χ4v) is 3.18. The predicted molar refractivity (Wildman–Crippen MR) is 104 cm³/mol. The van der Waals surface area contributed by atoms with Crippen LogP contribution in [-0.4, -0.2) is 42.6 Å². The fraction of sp³-hybridized carbons (Fsp3) is 0.238. The van der Waals surface area contributed by atoms with Crippen molar-refractivity contribution in [2.75, 3.05) is 19.7 Å². The largest absolute Gasteiger partial charge is 0.486 e. The summed E-state index contributed by atoms with van der Waals surface area (Å²) in [5, 5.41) is 6.37. The van der Waals surface area contributed by atoms with Gasteiger partial charge in [-0.2, -0.15) is 0 Å². The average Bonchev–Trinajstić information content (AvgIpc) is 3.15. The molecular weight excluding hydrogens is 358 g/mol. The molecule has 1 aromatic heterocycles. The van der Waals surface area contributed by atoms with Crippen molar-refractivity contribution < 1.29 is 19.1 Å². The third kappa shape index (κ3) is 3.93. The van der Waals surface area contributed by atoms with Crippen LogP contribution in [0, 0.1) is 0 Å². The van der Waals surface area contributed by atoms with E-state index in [1.807, 2.05) is 48.7 Å². The fourth-order valence-electron chi connectivity index (χ4n) is 3.18. The monoisotopic (exact) mass is 379 g/mol. The Kier molecular flexibility index (Phi) is 5.14. The number of aromatic nitrogens is 1. The molecule has 4 rings (SSSR count). The maximum atomic E-state index is 12.0. The maximum absolute atomic E-state index is 12.0. The summed E-state index contributed by atoms with van der Waals surface area (Å²) in [7, 11) is 0. The van der Waals surface area contributed by atoms with Crippen molar-refractivity contribution >= 4 is 22.7 Å². The normalized spacial score (nSPS) is 15.2. The van der Waals surface area contributed by atoms with Gasteiger partial charge in [-0.25, -0.2) is 0 Å². The highest BCUT2D eigenvalue weighted by Gasteiger charge is 2.22. The van der Waals surface area contributed by atoms with Crippen LogP contribution < -0.4 is 20.1 Å². The van der Waals surface area contributed by atoms with E-state index in [0.717, 1.165) is 16.5 Å². The smallest absolute Gasteiger partial charge is 0.309 e. The number of aromatic amines is 1. The van der Waals surface area contributed by atoms with Gasteiger partial charge in [-0.3, -0.25) is 9.59 Å². The van der Waals surface area contributed by atoms with Crippen LogP contribution in [0.5, 0.6) is 11.5 Å². The molecule has 3 N–H and O–H groups in total. The van der Waals surface area contributed by atoms with Crippen molar-refractivity contribution in [1.82, 2.24) is 15.6 Å². The minimum Gasteiger partial charge on any atom is -0.486 e. The van der Waals surface area contributed by atoms with E-state index in [4.69, 9.17) is 9.47 Å². The molecule has 7 heteroatoms. The van der Waals surface area contributed by atoms with E-state index in [-0.39, 0.29) is 12.6 Å². The van der Waals surface area contributed by atoms with Crippen LogP contribution in [0.4, 0.5) is 0 Å². The molecule has 1 unspecified atom stereocenters. The maximum Gasteiger partial charge on any atom is 0.309 e. The summed E-state index contributed by atoms with van der Waals surface area (Å²) in [6.07, 6.45) is 2.23. The molecule has 0 aliphatic carbocycles. The first-order valence-corrected chi connectivity index (χ1v) is 9.20.